The van der Waals surface area contributed by atoms with Crippen LogP contribution in [0, 0.1) is 0 Å². The summed E-state index contributed by atoms with van der Waals surface area (Å²) in [5.41, 5.74) is 38.5. The standard InChI is InChI=1S/C88H52B2/c1-7-23-53(24-8-1)59-39-41-79-69(43-59)75-45-61(55-27-11-3-12-28-55)47-77-71-49-67(65-37-21-19-35-63(65)57-31-15-5-16-32-57)74-52-82-84-72(50-68(66-38-22-20-36-64(66)58-33-17-6-18-34-58)73-51-81(89(79)87(75)77)83(71)85(74)86(73)84)78-48-62(56-29-13-4-14-30-56)46-76-70-44-60(54-25-9-2-10-26-54)40-42-80(70)90(82)88(76)78/h1-52H. The zero-order valence-corrected chi connectivity index (χ0v) is 49.2. The van der Waals surface area contributed by atoms with Crippen LogP contribution in [0.5, 0.6) is 0 Å². The minimum atomic E-state index is -0.0114. The van der Waals surface area contributed by atoms with Gasteiger partial charge in [-0.2, -0.15) is 0 Å². The molecule has 2 heteroatoms. The number of hydrogen-bond acceptors (Lipinski definition) is 0. The molecule has 0 bridgehead atoms. The molecular weight excluding hydrogens is 1080 g/mol. The van der Waals surface area contributed by atoms with Gasteiger partial charge in [-0.15, -0.1) is 0 Å². The molecule has 4 aliphatic rings. The third kappa shape index (κ3) is 7.10. The van der Waals surface area contributed by atoms with Gasteiger partial charge in [-0.3, -0.25) is 0 Å². The first kappa shape index (κ1) is 49.8. The highest BCUT2D eigenvalue weighted by atomic mass is 14.4. The fourth-order valence-corrected chi connectivity index (χ4v) is 16.8. The van der Waals surface area contributed by atoms with E-state index in [9.17, 15) is 0 Å². The Morgan fingerprint density at radius 2 is 0.433 bits per heavy atom. The number of hydrogen-bond donors (Lipinski definition) is 0. The van der Waals surface area contributed by atoms with Crippen LogP contribution in [-0.4, -0.2) is 13.4 Å². The summed E-state index contributed by atoms with van der Waals surface area (Å²) < 4.78 is 0. The van der Waals surface area contributed by atoms with E-state index < -0.39 is 0 Å². The van der Waals surface area contributed by atoms with Crippen molar-refractivity contribution in [3.05, 3.63) is 315 Å². The highest BCUT2D eigenvalue weighted by Crippen LogP contribution is 2.54. The normalized spacial score (nSPS) is 12.6. The summed E-state index contributed by atoms with van der Waals surface area (Å²) >= 11 is 0. The summed E-state index contributed by atoms with van der Waals surface area (Å²) in [5.74, 6) is 0. The first-order chi connectivity index (χ1) is 44.7. The Morgan fingerprint density at radius 1 is 0.144 bits per heavy atom. The number of fused-ring (bicyclic) bond motifs is 10. The van der Waals surface area contributed by atoms with Crippen LogP contribution in [0.4, 0.5) is 0 Å². The van der Waals surface area contributed by atoms with E-state index in [-0.39, 0.29) is 13.4 Å². The summed E-state index contributed by atoms with van der Waals surface area (Å²) in [6, 6.07) is 120. The van der Waals surface area contributed by atoms with E-state index >= 15 is 0 Å². The van der Waals surface area contributed by atoms with Gasteiger partial charge in [-0.1, -0.05) is 300 Å². The van der Waals surface area contributed by atoms with Gasteiger partial charge in [-0.25, -0.2) is 0 Å². The minimum absolute atomic E-state index is 0.0114. The first-order valence-electron chi connectivity index (χ1n) is 31.7. The minimum Gasteiger partial charge on any atom is -0.0657 e. The fraction of sp³-hybridized carbons (Fsp3) is 0. The molecule has 0 amide bonds. The fourth-order valence-electron chi connectivity index (χ4n) is 16.8. The van der Waals surface area contributed by atoms with Crippen molar-refractivity contribution in [1.29, 1.82) is 0 Å². The summed E-state index contributed by atoms with van der Waals surface area (Å²) in [5, 5.41) is 8.02. The highest BCUT2D eigenvalue weighted by Gasteiger charge is 2.45. The molecule has 20 rings (SSSR count). The average molecular weight is 1130 g/mol. The van der Waals surface area contributed by atoms with Crippen LogP contribution in [0.1, 0.15) is 0 Å². The van der Waals surface area contributed by atoms with Gasteiger partial charge < -0.3 is 0 Å². The maximum Gasteiger partial charge on any atom is 0.244 e. The van der Waals surface area contributed by atoms with Crippen LogP contribution in [-0.2, 0) is 0 Å². The Hall–Kier alpha value is -11.3. The van der Waals surface area contributed by atoms with E-state index in [2.05, 4.69) is 315 Å². The molecule has 0 fully saturated rings. The van der Waals surface area contributed by atoms with Crippen molar-refractivity contribution >= 4 is 78.5 Å². The molecule has 16 aromatic rings. The van der Waals surface area contributed by atoms with Crippen LogP contribution >= 0.6 is 0 Å². The Balaban J connectivity index is 0.991. The summed E-state index contributed by atoms with van der Waals surface area (Å²) in [6.45, 7) is -0.0228. The Morgan fingerprint density at radius 3 is 0.789 bits per heavy atom. The second kappa shape index (κ2) is 19.1. The first-order valence-corrected chi connectivity index (χ1v) is 31.7. The Bertz CT molecular complexity index is 5320. The van der Waals surface area contributed by atoms with Gasteiger partial charge in [-0.05, 0) is 214 Å². The second-order valence-electron chi connectivity index (χ2n) is 25.2. The lowest BCUT2D eigenvalue weighted by molar-refractivity contribution is 1.59. The van der Waals surface area contributed by atoms with Crippen molar-refractivity contribution in [2.75, 3.05) is 0 Å². The molecular formula is C88H52B2. The van der Waals surface area contributed by atoms with E-state index in [0.29, 0.717) is 0 Å². The molecule has 4 heterocycles. The maximum atomic E-state index is 2.70. The van der Waals surface area contributed by atoms with Crippen LogP contribution in [0.15, 0.2) is 315 Å². The SMILES string of the molecule is c1ccc(-c2ccc3c(c2)-c2cc(-c4ccccc4)cc4c2B3c2cc3c(-c5ccccc5-c5ccccc5)cc5c6c(cc7c(-c8ccccc8-c8ccccc8)cc-4c2c7c36)B2c3ccc(-c4ccccc4)cc3-c3cc(-c4ccccc4)cc-5c32)cc1. The van der Waals surface area contributed by atoms with Gasteiger partial charge in [0.25, 0.3) is 0 Å². The Kier molecular flexibility index (Phi) is 10.6. The van der Waals surface area contributed by atoms with Crippen molar-refractivity contribution < 1.29 is 0 Å². The molecule has 16 aromatic carbocycles. The highest BCUT2D eigenvalue weighted by molar-refractivity contribution is 7.03. The number of benzene rings is 16. The average Bonchev–Trinajstić information content (AvgIpc) is 1.23. The molecule has 0 nitrogen and oxygen atoms in total. The molecule has 90 heavy (non-hydrogen) atoms. The van der Waals surface area contributed by atoms with E-state index in [0.717, 1.165) is 0 Å². The lowest BCUT2D eigenvalue weighted by Gasteiger charge is -2.33. The molecule has 0 N–H and O–H groups in total. The van der Waals surface area contributed by atoms with Crippen LogP contribution in [0.3, 0.4) is 0 Å². The predicted molar refractivity (Wildman–Crippen MR) is 385 cm³/mol. The van der Waals surface area contributed by atoms with Crippen molar-refractivity contribution in [3.8, 4) is 134 Å². The topological polar surface area (TPSA) is 0 Å². The van der Waals surface area contributed by atoms with Crippen molar-refractivity contribution in [3.63, 3.8) is 0 Å². The zero-order valence-electron chi connectivity index (χ0n) is 49.2. The zero-order chi connectivity index (χ0) is 58.7. The van der Waals surface area contributed by atoms with Gasteiger partial charge in [0, 0.05) is 0 Å². The summed E-state index contributed by atoms with van der Waals surface area (Å²) in [4.78, 5) is 0. The van der Waals surface area contributed by atoms with Gasteiger partial charge in [0.1, 0.15) is 0 Å². The van der Waals surface area contributed by atoms with Gasteiger partial charge in [0.15, 0.2) is 0 Å². The third-order valence-electron chi connectivity index (χ3n) is 20.6. The monoisotopic (exact) mass is 1130 g/mol. The molecule has 410 valence electrons. The molecule has 0 aromatic heterocycles. The van der Waals surface area contributed by atoms with Crippen molar-refractivity contribution in [2.24, 2.45) is 0 Å². The molecule has 0 radical (unpaired) electrons. The maximum absolute atomic E-state index is 2.70. The van der Waals surface area contributed by atoms with Gasteiger partial charge in [0.05, 0.1) is 0 Å². The third-order valence-corrected chi connectivity index (χ3v) is 20.6. The van der Waals surface area contributed by atoms with Crippen molar-refractivity contribution in [2.45, 2.75) is 0 Å². The van der Waals surface area contributed by atoms with Crippen LogP contribution in [0.2, 0.25) is 0 Å². The molecule has 0 unspecified atom stereocenters. The predicted octanol–water partition coefficient (Wildman–Crippen LogP) is 18.9. The van der Waals surface area contributed by atoms with E-state index in [4.69, 9.17) is 0 Å². The van der Waals surface area contributed by atoms with Crippen molar-refractivity contribution in [1.82, 2.24) is 0 Å². The van der Waals surface area contributed by atoms with E-state index in [1.54, 1.807) is 0 Å². The van der Waals surface area contributed by atoms with Crippen LogP contribution in [0.25, 0.3) is 166 Å². The smallest absolute Gasteiger partial charge is 0.0657 e. The quantitative estimate of drug-likeness (QED) is 0.105. The van der Waals surface area contributed by atoms with Crippen LogP contribution < -0.4 is 32.8 Å². The molecule has 4 aliphatic heterocycles. The summed E-state index contributed by atoms with van der Waals surface area (Å²) in [6.07, 6.45) is 0. The second-order valence-corrected chi connectivity index (χ2v) is 25.2. The largest absolute Gasteiger partial charge is 0.244 e. The Labute approximate surface area is 524 Å². The van der Waals surface area contributed by atoms with E-state index in [1.807, 2.05) is 0 Å². The van der Waals surface area contributed by atoms with Gasteiger partial charge in [0.2, 0.25) is 13.4 Å². The van der Waals surface area contributed by atoms with E-state index in [1.165, 1.54) is 199 Å². The lowest BCUT2D eigenvalue weighted by atomic mass is 9.34. The molecule has 0 aliphatic carbocycles. The molecule has 0 spiro atoms. The lowest BCUT2D eigenvalue weighted by Crippen LogP contribution is -2.53. The number of rotatable bonds is 8. The molecule has 0 saturated heterocycles. The van der Waals surface area contributed by atoms with Gasteiger partial charge >= 0.3 is 0 Å². The molecule has 0 saturated carbocycles. The summed E-state index contributed by atoms with van der Waals surface area (Å²) in [7, 11) is 0. The molecule has 0 atom stereocenters.